The van der Waals surface area contributed by atoms with Gasteiger partial charge in [-0.15, -0.1) is 0 Å². The normalized spacial score (nSPS) is 27.7. The first kappa shape index (κ1) is 12.4. The number of rotatable bonds is 4. The van der Waals surface area contributed by atoms with E-state index in [9.17, 15) is 9.59 Å². The van der Waals surface area contributed by atoms with Gasteiger partial charge in [0.2, 0.25) is 5.91 Å². The molecule has 0 aromatic heterocycles. The molecule has 2 fully saturated rings. The average Bonchev–Trinajstić information content (AvgIpc) is 2.88. The van der Waals surface area contributed by atoms with Gasteiger partial charge >= 0.3 is 5.97 Å². The number of nitrogens with zero attached hydrogens (tertiary/aromatic N) is 1. The number of hydrogen-bond donors (Lipinski definition) is 1. The predicted octanol–water partition coefficient (Wildman–Crippen LogP) is 1.89. The fourth-order valence-corrected chi connectivity index (χ4v) is 3.24. The summed E-state index contributed by atoms with van der Waals surface area (Å²) >= 11 is 0. The number of hydrogen-bond acceptors (Lipinski definition) is 2. The van der Waals surface area contributed by atoms with Gasteiger partial charge in [0.15, 0.2) is 0 Å². The van der Waals surface area contributed by atoms with Crippen LogP contribution in [0.3, 0.4) is 0 Å². The number of aliphatic carboxylic acids is 1. The molecule has 1 atom stereocenters. The summed E-state index contributed by atoms with van der Waals surface area (Å²) in [5, 5.41) is 8.95. The highest BCUT2D eigenvalue weighted by atomic mass is 16.4. The van der Waals surface area contributed by atoms with E-state index in [0.29, 0.717) is 6.54 Å². The van der Waals surface area contributed by atoms with E-state index in [2.05, 4.69) is 6.92 Å². The molecule has 4 heteroatoms. The number of amides is 1. The predicted molar refractivity (Wildman–Crippen MR) is 63.5 cm³/mol. The summed E-state index contributed by atoms with van der Waals surface area (Å²) in [6.45, 7) is 3.36. The van der Waals surface area contributed by atoms with E-state index in [4.69, 9.17) is 5.11 Å². The Labute approximate surface area is 102 Å². The smallest absolute Gasteiger partial charge is 0.308 e. The molecule has 1 unspecified atom stereocenters. The van der Waals surface area contributed by atoms with E-state index in [1.807, 2.05) is 0 Å². The number of likely N-dealkylation sites (tertiary alicyclic amines) is 1. The van der Waals surface area contributed by atoms with Crippen molar-refractivity contribution in [2.45, 2.75) is 45.4 Å². The van der Waals surface area contributed by atoms with Crippen molar-refractivity contribution in [2.75, 3.05) is 13.1 Å². The van der Waals surface area contributed by atoms with Gasteiger partial charge in [-0.2, -0.15) is 0 Å². The Kier molecular flexibility index (Phi) is 3.40. The van der Waals surface area contributed by atoms with Crippen LogP contribution >= 0.6 is 0 Å². The van der Waals surface area contributed by atoms with Gasteiger partial charge in [-0.1, -0.05) is 19.8 Å². The fourth-order valence-electron chi connectivity index (χ4n) is 3.24. The minimum Gasteiger partial charge on any atom is -0.481 e. The summed E-state index contributed by atoms with van der Waals surface area (Å²) in [5.74, 6) is -1.30. The highest BCUT2D eigenvalue weighted by Crippen LogP contribution is 2.42. The van der Waals surface area contributed by atoms with Gasteiger partial charge in [0.1, 0.15) is 0 Å². The third kappa shape index (κ3) is 2.45. The van der Waals surface area contributed by atoms with Crippen LogP contribution in [0.5, 0.6) is 0 Å². The molecule has 4 nitrogen and oxygen atoms in total. The first-order valence-electron chi connectivity index (χ1n) is 6.57. The Bertz CT molecular complexity index is 321. The van der Waals surface area contributed by atoms with Crippen LogP contribution < -0.4 is 0 Å². The van der Waals surface area contributed by atoms with Crippen molar-refractivity contribution >= 4 is 11.9 Å². The zero-order chi connectivity index (χ0) is 12.5. The van der Waals surface area contributed by atoms with Crippen molar-refractivity contribution in [1.82, 2.24) is 4.90 Å². The van der Waals surface area contributed by atoms with Crippen molar-refractivity contribution < 1.29 is 14.7 Å². The molecule has 17 heavy (non-hydrogen) atoms. The average molecular weight is 239 g/mol. The van der Waals surface area contributed by atoms with Crippen molar-refractivity contribution in [2.24, 2.45) is 11.3 Å². The molecule has 1 saturated heterocycles. The molecule has 0 bridgehead atoms. The number of carboxylic acids is 1. The molecule has 2 rings (SSSR count). The van der Waals surface area contributed by atoms with E-state index in [1.165, 1.54) is 25.7 Å². The van der Waals surface area contributed by atoms with Crippen LogP contribution in [-0.4, -0.2) is 35.0 Å². The Morgan fingerprint density at radius 2 is 2.12 bits per heavy atom. The molecule has 1 N–H and O–H groups in total. The van der Waals surface area contributed by atoms with Crippen LogP contribution in [0.1, 0.15) is 45.4 Å². The summed E-state index contributed by atoms with van der Waals surface area (Å²) in [7, 11) is 0. The molecule has 2 aliphatic rings. The van der Waals surface area contributed by atoms with Gasteiger partial charge < -0.3 is 10.0 Å². The van der Waals surface area contributed by atoms with Crippen LogP contribution in [0.2, 0.25) is 0 Å². The minimum absolute atomic E-state index is 0.0251. The number of carbonyl (C=O) groups excluding carboxylic acids is 1. The Morgan fingerprint density at radius 3 is 2.59 bits per heavy atom. The van der Waals surface area contributed by atoms with Gasteiger partial charge in [-0.3, -0.25) is 9.59 Å². The van der Waals surface area contributed by atoms with Crippen LogP contribution in [0, 0.1) is 11.3 Å². The summed E-state index contributed by atoms with van der Waals surface area (Å²) in [5.41, 5.74) is 0.267. The van der Waals surface area contributed by atoms with Crippen molar-refractivity contribution in [1.29, 1.82) is 0 Å². The molecule has 1 heterocycles. The topological polar surface area (TPSA) is 57.6 Å². The lowest BCUT2D eigenvalue weighted by Gasteiger charge is -2.32. The quantitative estimate of drug-likeness (QED) is 0.815. The second kappa shape index (κ2) is 4.67. The molecule has 1 saturated carbocycles. The third-order valence-electron chi connectivity index (χ3n) is 4.50. The Morgan fingerprint density at radius 1 is 1.47 bits per heavy atom. The van der Waals surface area contributed by atoms with Crippen LogP contribution in [0.4, 0.5) is 0 Å². The molecule has 0 radical (unpaired) electrons. The van der Waals surface area contributed by atoms with E-state index < -0.39 is 11.9 Å². The SMILES string of the molecule is CCC1(CN2CC(C(=O)O)CC2=O)CCCC1. The molecule has 96 valence electrons. The molecular weight excluding hydrogens is 218 g/mol. The van der Waals surface area contributed by atoms with Gasteiger partial charge in [-0.25, -0.2) is 0 Å². The maximum atomic E-state index is 11.8. The molecular formula is C13H21NO3. The summed E-state index contributed by atoms with van der Waals surface area (Å²) in [6.07, 6.45) is 6.15. The van der Waals surface area contributed by atoms with Gasteiger partial charge in [0.25, 0.3) is 0 Å². The lowest BCUT2D eigenvalue weighted by molar-refractivity contribution is -0.141. The highest BCUT2D eigenvalue weighted by Gasteiger charge is 2.40. The third-order valence-corrected chi connectivity index (χ3v) is 4.50. The molecule has 0 spiro atoms. The van der Waals surface area contributed by atoms with Crippen molar-refractivity contribution in [3.63, 3.8) is 0 Å². The van der Waals surface area contributed by atoms with Gasteiger partial charge in [-0.05, 0) is 24.7 Å². The maximum absolute atomic E-state index is 11.8. The van der Waals surface area contributed by atoms with Crippen LogP contribution in [0.15, 0.2) is 0 Å². The monoisotopic (exact) mass is 239 g/mol. The molecule has 0 aromatic rings. The van der Waals surface area contributed by atoms with Crippen LogP contribution in [-0.2, 0) is 9.59 Å². The Balaban J connectivity index is 1.99. The van der Waals surface area contributed by atoms with E-state index in [0.717, 1.165) is 13.0 Å². The second-order valence-corrected chi connectivity index (χ2v) is 5.57. The lowest BCUT2D eigenvalue weighted by atomic mass is 9.83. The summed E-state index contributed by atoms with van der Waals surface area (Å²) in [6, 6.07) is 0. The second-order valence-electron chi connectivity index (χ2n) is 5.57. The summed E-state index contributed by atoms with van der Waals surface area (Å²) in [4.78, 5) is 24.5. The number of carboxylic acid groups (broad SMARTS) is 1. The Hall–Kier alpha value is -1.06. The molecule has 1 aliphatic carbocycles. The fraction of sp³-hybridized carbons (Fsp3) is 0.846. The zero-order valence-electron chi connectivity index (χ0n) is 10.4. The molecule has 1 aliphatic heterocycles. The van der Waals surface area contributed by atoms with Crippen molar-refractivity contribution in [3.8, 4) is 0 Å². The van der Waals surface area contributed by atoms with E-state index >= 15 is 0 Å². The first-order chi connectivity index (χ1) is 8.06. The maximum Gasteiger partial charge on any atom is 0.308 e. The van der Waals surface area contributed by atoms with E-state index in [1.54, 1.807) is 4.90 Å². The number of carbonyl (C=O) groups is 2. The van der Waals surface area contributed by atoms with Gasteiger partial charge in [0.05, 0.1) is 5.92 Å². The lowest BCUT2D eigenvalue weighted by Crippen LogP contribution is -2.37. The zero-order valence-corrected chi connectivity index (χ0v) is 10.4. The molecule has 0 aromatic carbocycles. The first-order valence-corrected chi connectivity index (χ1v) is 6.57. The minimum atomic E-state index is -0.835. The standard InChI is InChI=1S/C13H21NO3/c1-2-13(5-3-4-6-13)9-14-8-10(12(16)17)7-11(14)15/h10H,2-9H2,1H3,(H,16,17). The van der Waals surface area contributed by atoms with Gasteiger partial charge in [0, 0.05) is 19.5 Å². The van der Waals surface area contributed by atoms with Crippen molar-refractivity contribution in [3.05, 3.63) is 0 Å². The summed E-state index contributed by atoms with van der Waals surface area (Å²) < 4.78 is 0. The largest absolute Gasteiger partial charge is 0.481 e. The van der Waals surface area contributed by atoms with E-state index in [-0.39, 0.29) is 17.7 Å². The molecule has 1 amide bonds. The highest BCUT2D eigenvalue weighted by molar-refractivity contribution is 5.86. The van der Waals surface area contributed by atoms with Crippen LogP contribution in [0.25, 0.3) is 0 Å².